The van der Waals surface area contributed by atoms with Crippen LogP contribution in [0.3, 0.4) is 0 Å². The van der Waals surface area contributed by atoms with E-state index in [9.17, 15) is 19.5 Å². The van der Waals surface area contributed by atoms with Crippen LogP contribution in [-0.2, 0) is 28.3 Å². The number of cyclic esters (lactones) is 1. The van der Waals surface area contributed by atoms with Gasteiger partial charge in [0.1, 0.15) is 12.4 Å². The number of rotatable bonds is 3. The maximum absolute atomic E-state index is 13.9. The first-order valence-electron chi connectivity index (χ1n) is 11.8. The zero-order valence-electron chi connectivity index (χ0n) is 19.2. The van der Waals surface area contributed by atoms with Crippen molar-refractivity contribution in [2.75, 3.05) is 7.11 Å². The smallest absolute Gasteiger partial charge is 0.343 e. The lowest BCUT2D eigenvalue weighted by Crippen LogP contribution is -2.44. The molecule has 8 heteroatoms. The Morgan fingerprint density at radius 3 is 2.65 bits per heavy atom. The fourth-order valence-corrected chi connectivity index (χ4v) is 5.98. The molecule has 0 bridgehead atoms. The van der Waals surface area contributed by atoms with Crippen molar-refractivity contribution in [3.05, 3.63) is 61.7 Å². The molecule has 3 aliphatic rings. The Kier molecular flexibility index (Phi) is 4.55. The summed E-state index contributed by atoms with van der Waals surface area (Å²) in [6.45, 7) is 1.75. The molecule has 0 spiro atoms. The van der Waals surface area contributed by atoms with Gasteiger partial charge in [0, 0.05) is 11.6 Å². The predicted octanol–water partition coefficient (Wildman–Crippen LogP) is 2.97. The van der Waals surface area contributed by atoms with E-state index in [0.29, 0.717) is 22.4 Å². The van der Waals surface area contributed by atoms with Gasteiger partial charge in [-0.3, -0.25) is 9.59 Å². The monoisotopic (exact) mass is 462 g/mol. The summed E-state index contributed by atoms with van der Waals surface area (Å²) in [6, 6.07) is 7.42. The van der Waals surface area contributed by atoms with Crippen LogP contribution in [0.1, 0.15) is 61.9 Å². The van der Waals surface area contributed by atoms with Crippen molar-refractivity contribution in [3.63, 3.8) is 0 Å². The summed E-state index contributed by atoms with van der Waals surface area (Å²) in [7, 11) is 1.57. The maximum atomic E-state index is 13.9. The predicted molar refractivity (Wildman–Crippen MR) is 125 cm³/mol. The summed E-state index contributed by atoms with van der Waals surface area (Å²) in [4.78, 5) is 39.9. The highest BCUT2D eigenvalue weighted by Gasteiger charge is 2.45. The van der Waals surface area contributed by atoms with Crippen molar-refractivity contribution in [2.45, 2.75) is 63.8 Å². The minimum atomic E-state index is -1.91. The fourth-order valence-electron chi connectivity index (χ4n) is 5.98. The number of fused-ring (bicyclic) bond motifs is 5. The largest absolute Gasteiger partial charge is 0.497 e. The molecule has 1 aliphatic carbocycles. The molecule has 0 saturated heterocycles. The minimum Gasteiger partial charge on any atom is -0.497 e. The Bertz CT molecular complexity index is 1490. The van der Waals surface area contributed by atoms with Gasteiger partial charge in [0.15, 0.2) is 11.0 Å². The first-order valence-corrected chi connectivity index (χ1v) is 11.8. The van der Waals surface area contributed by atoms with E-state index in [1.165, 1.54) is 0 Å². The summed E-state index contributed by atoms with van der Waals surface area (Å²) in [5, 5.41) is 11.7. The molecule has 4 heterocycles. The van der Waals surface area contributed by atoms with E-state index >= 15 is 0 Å². The van der Waals surface area contributed by atoms with Crippen molar-refractivity contribution in [1.29, 1.82) is 0 Å². The van der Waals surface area contributed by atoms with Gasteiger partial charge in [-0.1, -0.05) is 19.8 Å². The standard InChI is InChI=1S/C26H26N2O6/c1-3-26(32)18-11-20-22-21(12-27(20)24(30)17(18)13-34-25(26)31)28(14-6-4-5-7-14)19-9-8-15(33-2)10-16(19)23(22)29/h8-11,14,32H,3-7,12-13H2,1-2H3/t26-/m0/s1. The number of carbonyl (C=O) groups excluding carboxylic acids is 1. The first kappa shape index (κ1) is 21.2. The molecule has 8 nitrogen and oxygen atoms in total. The van der Waals surface area contributed by atoms with Crippen LogP contribution in [0.4, 0.5) is 0 Å². The summed E-state index contributed by atoms with van der Waals surface area (Å²) >= 11 is 0. The molecule has 1 aromatic carbocycles. The lowest BCUT2D eigenvalue weighted by atomic mass is 9.85. The number of benzene rings is 1. The van der Waals surface area contributed by atoms with Crippen molar-refractivity contribution in [1.82, 2.24) is 9.13 Å². The van der Waals surface area contributed by atoms with E-state index in [0.717, 1.165) is 36.9 Å². The number of carbonyl (C=O) groups is 1. The van der Waals surface area contributed by atoms with E-state index in [1.807, 2.05) is 12.1 Å². The van der Waals surface area contributed by atoms with Crippen LogP contribution in [0.15, 0.2) is 33.9 Å². The van der Waals surface area contributed by atoms with Gasteiger partial charge in [0.2, 0.25) is 0 Å². The van der Waals surface area contributed by atoms with E-state index in [2.05, 4.69) is 4.57 Å². The van der Waals surface area contributed by atoms with E-state index in [-0.39, 0.29) is 47.7 Å². The third-order valence-corrected chi connectivity index (χ3v) is 7.81. The SMILES string of the molecule is CC[C@@]1(O)C(=O)OCc2c1cc1n(c2=O)Cc2c-1c(=O)c1cc(OC)ccc1n2C1CCCC1. The van der Waals surface area contributed by atoms with Crippen molar-refractivity contribution in [2.24, 2.45) is 0 Å². The fraction of sp³-hybridized carbons (Fsp3) is 0.423. The van der Waals surface area contributed by atoms with Crippen molar-refractivity contribution in [3.8, 4) is 17.0 Å². The molecule has 1 saturated carbocycles. The van der Waals surface area contributed by atoms with Crippen molar-refractivity contribution < 1.29 is 19.4 Å². The molecular weight excluding hydrogens is 436 g/mol. The van der Waals surface area contributed by atoms with Gasteiger partial charge < -0.3 is 23.7 Å². The van der Waals surface area contributed by atoms with E-state index < -0.39 is 11.6 Å². The number of methoxy groups -OCH3 is 1. The van der Waals surface area contributed by atoms with Gasteiger partial charge >= 0.3 is 5.97 Å². The minimum absolute atomic E-state index is 0.0653. The Morgan fingerprint density at radius 2 is 1.94 bits per heavy atom. The molecule has 3 aromatic rings. The van der Waals surface area contributed by atoms with E-state index in [1.54, 1.807) is 30.7 Å². The molecule has 0 radical (unpaired) electrons. The highest BCUT2D eigenvalue weighted by molar-refractivity contribution is 5.88. The summed E-state index contributed by atoms with van der Waals surface area (Å²) in [5.74, 6) is -0.178. The van der Waals surface area contributed by atoms with Crippen LogP contribution in [0.2, 0.25) is 0 Å². The van der Waals surface area contributed by atoms with Crippen LogP contribution >= 0.6 is 0 Å². The van der Waals surface area contributed by atoms with Crippen LogP contribution in [0.25, 0.3) is 22.2 Å². The normalized spacial score (nSPS) is 21.3. The summed E-state index contributed by atoms with van der Waals surface area (Å²) in [6.07, 6.45) is 4.32. The number of pyridine rings is 2. The second kappa shape index (κ2) is 7.30. The average molecular weight is 463 g/mol. The Balaban J connectivity index is 1.70. The van der Waals surface area contributed by atoms with Gasteiger partial charge in [0.25, 0.3) is 5.56 Å². The second-order valence-electron chi connectivity index (χ2n) is 9.45. The van der Waals surface area contributed by atoms with Crippen molar-refractivity contribution >= 4 is 16.9 Å². The van der Waals surface area contributed by atoms with Gasteiger partial charge in [0.05, 0.1) is 47.1 Å². The molecule has 6 rings (SSSR count). The first-order chi connectivity index (χ1) is 16.4. The average Bonchev–Trinajstić information content (AvgIpc) is 3.51. The molecule has 0 amide bonds. The zero-order chi connectivity index (χ0) is 23.8. The molecule has 1 fully saturated rings. The third-order valence-electron chi connectivity index (χ3n) is 7.81. The molecule has 1 N–H and O–H groups in total. The molecule has 176 valence electrons. The number of aliphatic hydroxyl groups is 1. The molecular formula is C26H26N2O6. The quantitative estimate of drug-likeness (QED) is 0.470. The Labute approximate surface area is 195 Å². The van der Waals surface area contributed by atoms with Crippen LogP contribution < -0.4 is 15.7 Å². The molecule has 34 heavy (non-hydrogen) atoms. The van der Waals surface area contributed by atoms with Crippen LogP contribution in [-0.4, -0.2) is 27.3 Å². The van der Waals surface area contributed by atoms with Gasteiger partial charge in [-0.2, -0.15) is 0 Å². The Morgan fingerprint density at radius 1 is 1.18 bits per heavy atom. The Hall–Kier alpha value is -3.39. The molecule has 2 aromatic heterocycles. The van der Waals surface area contributed by atoms with E-state index in [4.69, 9.17) is 9.47 Å². The molecule has 1 atom stereocenters. The highest BCUT2D eigenvalue weighted by atomic mass is 16.6. The summed E-state index contributed by atoms with van der Waals surface area (Å²) in [5.41, 5.74) is 0.651. The number of aromatic nitrogens is 2. The number of ether oxygens (including phenoxy) is 2. The highest BCUT2D eigenvalue weighted by Crippen LogP contribution is 2.41. The zero-order valence-corrected chi connectivity index (χ0v) is 19.2. The lowest BCUT2D eigenvalue weighted by Gasteiger charge is -2.31. The summed E-state index contributed by atoms with van der Waals surface area (Å²) < 4.78 is 14.4. The number of hydrogen-bond donors (Lipinski definition) is 1. The topological polar surface area (TPSA) is 99.8 Å². The van der Waals surface area contributed by atoms with Gasteiger partial charge in [-0.15, -0.1) is 0 Å². The van der Waals surface area contributed by atoms with Gasteiger partial charge in [-0.05, 0) is 43.5 Å². The van der Waals surface area contributed by atoms with Gasteiger partial charge in [-0.25, -0.2) is 4.79 Å². The number of nitrogens with zero attached hydrogens (tertiary/aromatic N) is 2. The molecule has 0 unspecified atom stereocenters. The second-order valence-corrected chi connectivity index (χ2v) is 9.45. The third kappa shape index (κ3) is 2.66. The van der Waals surface area contributed by atoms with Crippen LogP contribution in [0, 0.1) is 0 Å². The lowest BCUT2D eigenvalue weighted by molar-refractivity contribution is -0.172. The van der Waals surface area contributed by atoms with Crippen LogP contribution in [0.5, 0.6) is 5.75 Å². The number of esters is 1. The maximum Gasteiger partial charge on any atom is 0.343 e. The number of hydrogen-bond acceptors (Lipinski definition) is 6. The molecule has 2 aliphatic heterocycles.